The van der Waals surface area contributed by atoms with Gasteiger partial charge in [-0.15, -0.1) is 11.5 Å². The molecule has 0 aromatic heterocycles. The summed E-state index contributed by atoms with van der Waals surface area (Å²) in [6.07, 6.45) is -0.471. The Morgan fingerprint density at radius 2 is 1.34 bits per heavy atom. The molecule has 156 valence electrons. The molecule has 2 aromatic rings. The van der Waals surface area contributed by atoms with E-state index in [-0.39, 0.29) is 11.1 Å². The van der Waals surface area contributed by atoms with Gasteiger partial charge in [0, 0.05) is 6.42 Å². The molecular formula is C25H36O2Si2. The summed E-state index contributed by atoms with van der Waals surface area (Å²) in [5.74, 6) is 3.21. The van der Waals surface area contributed by atoms with E-state index >= 15 is 0 Å². The van der Waals surface area contributed by atoms with Gasteiger partial charge in [-0.1, -0.05) is 101 Å². The minimum absolute atomic E-state index is 0.103. The molecule has 0 fully saturated rings. The van der Waals surface area contributed by atoms with Crippen LogP contribution in [-0.4, -0.2) is 33.7 Å². The molecule has 1 N–H and O–H groups in total. The standard InChI is InChI=1S/C25H36O2Si2/c1-21(24(26)19-14-20-28(5,6)7)27-29(25(2,3)4,22-15-10-8-11-16-22)23-17-12-9-13-18-23/h8-13,15-18,21,24,26H,19H2,1-7H3/t21-,24+/m0/s1. The van der Waals surface area contributed by atoms with Gasteiger partial charge < -0.3 is 9.53 Å². The van der Waals surface area contributed by atoms with Crippen molar-refractivity contribution in [3.8, 4) is 11.5 Å². The van der Waals surface area contributed by atoms with E-state index in [4.69, 9.17) is 4.43 Å². The molecule has 0 spiro atoms. The highest BCUT2D eigenvalue weighted by atomic mass is 28.4. The van der Waals surface area contributed by atoms with E-state index in [1.165, 1.54) is 10.4 Å². The molecule has 0 heterocycles. The number of rotatable bonds is 6. The van der Waals surface area contributed by atoms with Crippen LogP contribution in [0.2, 0.25) is 24.7 Å². The van der Waals surface area contributed by atoms with E-state index in [1.807, 2.05) is 19.1 Å². The highest BCUT2D eigenvalue weighted by molar-refractivity contribution is 6.99. The van der Waals surface area contributed by atoms with E-state index < -0.39 is 22.5 Å². The highest BCUT2D eigenvalue weighted by Crippen LogP contribution is 2.37. The number of hydrogen-bond donors (Lipinski definition) is 1. The van der Waals surface area contributed by atoms with Gasteiger partial charge in [0.1, 0.15) is 8.07 Å². The van der Waals surface area contributed by atoms with Crippen molar-refractivity contribution < 1.29 is 9.53 Å². The zero-order valence-corrected chi connectivity index (χ0v) is 21.0. The molecule has 4 heteroatoms. The van der Waals surface area contributed by atoms with Crippen molar-refractivity contribution in [2.75, 3.05) is 0 Å². The van der Waals surface area contributed by atoms with Gasteiger partial charge in [0.05, 0.1) is 12.2 Å². The third-order valence-corrected chi connectivity index (χ3v) is 11.2. The zero-order chi connectivity index (χ0) is 21.7. The van der Waals surface area contributed by atoms with Crippen molar-refractivity contribution >= 4 is 26.8 Å². The van der Waals surface area contributed by atoms with Crippen LogP contribution in [0.3, 0.4) is 0 Å². The van der Waals surface area contributed by atoms with E-state index in [2.05, 4.69) is 100 Å². The normalized spacial score (nSPS) is 14.6. The molecule has 0 amide bonds. The number of hydrogen-bond acceptors (Lipinski definition) is 2. The molecule has 2 aromatic carbocycles. The molecule has 0 aliphatic heterocycles. The average Bonchev–Trinajstić information content (AvgIpc) is 2.65. The smallest absolute Gasteiger partial charge is 0.261 e. The Bertz CT molecular complexity index is 785. The van der Waals surface area contributed by atoms with Gasteiger partial charge in [0.15, 0.2) is 0 Å². The van der Waals surface area contributed by atoms with Gasteiger partial charge in [0.2, 0.25) is 0 Å². The van der Waals surface area contributed by atoms with Crippen LogP contribution in [0.15, 0.2) is 60.7 Å². The molecule has 0 aliphatic carbocycles. The van der Waals surface area contributed by atoms with E-state index in [0.717, 1.165) is 0 Å². The van der Waals surface area contributed by atoms with Gasteiger partial charge in [0.25, 0.3) is 8.32 Å². The van der Waals surface area contributed by atoms with Crippen molar-refractivity contribution in [2.45, 2.75) is 71.0 Å². The van der Waals surface area contributed by atoms with Crippen LogP contribution in [-0.2, 0) is 4.43 Å². The molecule has 0 radical (unpaired) electrons. The largest absolute Gasteiger partial charge is 0.402 e. The number of aliphatic hydroxyl groups is 1. The second-order valence-electron chi connectivity index (χ2n) is 9.81. The topological polar surface area (TPSA) is 29.5 Å². The fraction of sp³-hybridized carbons (Fsp3) is 0.440. The minimum Gasteiger partial charge on any atom is -0.402 e. The van der Waals surface area contributed by atoms with Crippen molar-refractivity contribution in [2.24, 2.45) is 0 Å². The van der Waals surface area contributed by atoms with E-state index in [0.29, 0.717) is 6.42 Å². The SMILES string of the molecule is C[C@H](O[Si](c1ccccc1)(c1ccccc1)C(C)(C)C)[C@H](O)CC#C[Si](C)(C)C. The van der Waals surface area contributed by atoms with Crippen LogP contribution in [0.1, 0.15) is 34.1 Å². The maximum atomic E-state index is 10.8. The molecular weight excluding hydrogens is 388 g/mol. The van der Waals surface area contributed by atoms with Gasteiger partial charge in [-0.25, -0.2) is 0 Å². The lowest BCUT2D eigenvalue weighted by Crippen LogP contribution is -2.68. The summed E-state index contributed by atoms with van der Waals surface area (Å²) < 4.78 is 6.95. The van der Waals surface area contributed by atoms with Crippen molar-refractivity contribution in [3.63, 3.8) is 0 Å². The van der Waals surface area contributed by atoms with Crippen molar-refractivity contribution in [1.82, 2.24) is 0 Å². The first-order chi connectivity index (χ1) is 13.5. The van der Waals surface area contributed by atoms with Crippen LogP contribution in [0, 0.1) is 11.5 Å². The Kier molecular flexibility index (Phi) is 7.70. The summed E-state index contributed by atoms with van der Waals surface area (Å²) in [6, 6.07) is 21.1. The Morgan fingerprint density at radius 1 is 0.897 bits per heavy atom. The molecule has 29 heavy (non-hydrogen) atoms. The van der Waals surface area contributed by atoms with Crippen LogP contribution in [0.5, 0.6) is 0 Å². The second-order valence-corrected chi connectivity index (χ2v) is 18.8. The first-order valence-corrected chi connectivity index (χ1v) is 15.9. The quantitative estimate of drug-likeness (QED) is 0.543. The third-order valence-electron chi connectivity index (χ3n) is 5.10. The molecule has 0 unspecified atom stereocenters. The highest BCUT2D eigenvalue weighted by Gasteiger charge is 2.51. The number of benzene rings is 2. The molecule has 0 saturated heterocycles. The van der Waals surface area contributed by atoms with E-state index in [9.17, 15) is 5.11 Å². The Hall–Kier alpha value is -1.65. The molecule has 0 aliphatic rings. The predicted molar refractivity (Wildman–Crippen MR) is 130 cm³/mol. The fourth-order valence-electron chi connectivity index (χ4n) is 3.64. The van der Waals surface area contributed by atoms with Crippen molar-refractivity contribution in [1.29, 1.82) is 0 Å². The second kappa shape index (κ2) is 9.44. The molecule has 0 bridgehead atoms. The lowest BCUT2D eigenvalue weighted by atomic mass is 10.2. The lowest BCUT2D eigenvalue weighted by molar-refractivity contribution is 0.0449. The van der Waals surface area contributed by atoms with E-state index in [1.54, 1.807) is 0 Å². The summed E-state index contributed by atoms with van der Waals surface area (Å²) in [5, 5.41) is 13.2. The minimum atomic E-state index is -2.65. The zero-order valence-electron chi connectivity index (χ0n) is 19.0. The fourth-order valence-corrected chi connectivity index (χ4v) is 9.00. The van der Waals surface area contributed by atoms with Crippen LogP contribution in [0.4, 0.5) is 0 Å². The Morgan fingerprint density at radius 3 is 1.72 bits per heavy atom. The first-order valence-electron chi connectivity index (χ1n) is 10.4. The van der Waals surface area contributed by atoms with Gasteiger partial charge in [-0.2, -0.15) is 0 Å². The molecule has 2 nitrogen and oxygen atoms in total. The maximum absolute atomic E-state index is 10.8. The molecule has 2 rings (SSSR count). The van der Waals surface area contributed by atoms with Gasteiger partial charge in [-0.3, -0.25) is 0 Å². The monoisotopic (exact) mass is 424 g/mol. The predicted octanol–water partition coefficient (Wildman–Crippen LogP) is 4.58. The molecule has 2 atom stereocenters. The lowest BCUT2D eigenvalue weighted by Gasteiger charge is -2.45. The van der Waals surface area contributed by atoms with Gasteiger partial charge >= 0.3 is 0 Å². The summed E-state index contributed by atoms with van der Waals surface area (Å²) in [5.41, 5.74) is 3.35. The summed E-state index contributed by atoms with van der Waals surface area (Å²) in [7, 11) is -4.10. The summed E-state index contributed by atoms with van der Waals surface area (Å²) >= 11 is 0. The van der Waals surface area contributed by atoms with Crippen LogP contribution in [0.25, 0.3) is 0 Å². The summed E-state index contributed by atoms with van der Waals surface area (Å²) in [4.78, 5) is 0. The van der Waals surface area contributed by atoms with Crippen LogP contribution >= 0.6 is 0 Å². The first kappa shape index (κ1) is 23.6. The van der Waals surface area contributed by atoms with Crippen LogP contribution < -0.4 is 10.4 Å². The number of aliphatic hydroxyl groups excluding tert-OH is 1. The summed E-state index contributed by atoms with van der Waals surface area (Å²) in [6.45, 7) is 15.4. The third kappa shape index (κ3) is 5.93. The van der Waals surface area contributed by atoms with Crippen molar-refractivity contribution in [3.05, 3.63) is 60.7 Å². The Balaban J connectivity index is 2.47. The average molecular weight is 425 g/mol. The van der Waals surface area contributed by atoms with Gasteiger partial charge in [-0.05, 0) is 22.3 Å². The molecule has 0 saturated carbocycles. The maximum Gasteiger partial charge on any atom is 0.261 e. The Labute approximate surface area is 179 Å².